The van der Waals surface area contributed by atoms with Gasteiger partial charge in [0.1, 0.15) is 12.0 Å². The number of anilines is 1. The van der Waals surface area contributed by atoms with Crippen LogP contribution in [-0.2, 0) is 0 Å². The third-order valence-corrected chi connectivity index (χ3v) is 1.84. The third-order valence-electron chi connectivity index (χ3n) is 1.36. The van der Waals surface area contributed by atoms with Gasteiger partial charge in [-0.15, -0.1) is 11.6 Å². The van der Waals surface area contributed by atoms with Gasteiger partial charge in [-0.3, -0.25) is 0 Å². The zero-order valence-corrected chi connectivity index (χ0v) is 8.23. The van der Waals surface area contributed by atoms with Gasteiger partial charge in [0, 0.05) is 18.6 Å². The van der Waals surface area contributed by atoms with Gasteiger partial charge in [-0.1, -0.05) is 11.6 Å². The average molecular weight is 219 g/mol. The Hall–Kier alpha value is -0.870. The van der Waals surface area contributed by atoms with Crippen LogP contribution in [0.25, 0.3) is 0 Å². The normalized spacial score (nSPS) is 9.69. The summed E-state index contributed by atoms with van der Waals surface area (Å²) in [6, 6.07) is 0. The summed E-state index contributed by atoms with van der Waals surface area (Å²) in [5, 5.41) is 10.3. The molecule has 0 aliphatic rings. The number of rotatable bonds is 4. The van der Waals surface area contributed by atoms with Gasteiger partial charge in [0.15, 0.2) is 5.15 Å². The Morgan fingerprint density at radius 1 is 1.54 bits per heavy atom. The fraction of sp³-hybridized carbons (Fsp3) is 0.286. The molecule has 0 saturated heterocycles. The van der Waals surface area contributed by atoms with E-state index in [1.807, 2.05) is 0 Å². The molecule has 0 bridgehead atoms. The molecule has 0 fully saturated rings. The first-order valence-corrected chi connectivity index (χ1v) is 4.51. The van der Waals surface area contributed by atoms with E-state index in [9.17, 15) is 0 Å². The summed E-state index contributed by atoms with van der Waals surface area (Å²) < 4.78 is 0. The molecule has 1 rings (SSSR count). The van der Waals surface area contributed by atoms with Crippen molar-refractivity contribution in [2.45, 2.75) is 0 Å². The van der Waals surface area contributed by atoms with Gasteiger partial charge >= 0.3 is 0 Å². The van der Waals surface area contributed by atoms with E-state index in [2.05, 4.69) is 15.3 Å². The highest BCUT2D eigenvalue weighted by molar-refractivity contribution is 6.32. The molecule has 13 heavy (non-hydrogen) atoms. The van der Waals surface area contributed by atoms with Crippen molar-refractivity contribution in [2.75, 3.05) is 17.7 Å². The van der Waals surface area contributed by atoms with Gasteiger partial charge in [0.05, 0.1) is 5.69 Å². The number of alkyl halides is 1. The van der Waals surface area contributed by atoms with Crippen molar-refractivity contribution in [3.63, 3.8) is 0 Å². The van der Waals surface area contributed by atoms with Gasteiger partial charge in [-0.05, 0) is 0 Å². The van der Waals surface area contributed by atoms with Gasteiger partial charge in [-0.25, -0.2) is 9.97 Å². The van der Waals surface area contributed by atoms with Crippen molar-refractivity contribution >= 4 is 35.1 Å². The smallest absolute Gasteiger partial charge is 0.156 e. The van der Waals surface area contributed by atoms with Crippen molar-refractivity contribution in [1.29, 1.82) is 5.41 Å². The molecule has 0 saturated carbocycles. The number of nitrogens with one attached hydrogen (secondary N) is 2. The molecule has 0 atom stereocenters. The minimum absolute atomic E-state index is 0.304. The van der Waals surface area contributed by atoms with Crippen LogP contribution in [0.1, 0.15) is 5.69 Å². The second-order valence-corrected chi connectivity index (χ2v) is 2.92. The summed E-state index contributed by atoms with van der Waals surface area (Å²) in [4.78, 5) is 7.65. The summed E-state index contributed by atoms with van der Waals surface area (Å²) in [5.74, 6) is 0.461. The van der Waals surface area contributed by atoms with Crippen LogP contribution in [0.3, 0.4) is 0 Å². The lowest BCUT2D eigenvalue weighted by Crippen LogP contribution is -2.07. The fourth-order valence-corrected chi connectivity index (χ4v) is 1.12. The number of hydrogen-bond donors (Lipinski definition) is 2. The molecule has 2 N–H and O–H groups in total. The van der Waals surface area contributed by atoms with Crippen molar-refractivity contribution in [3.8, 4) is 0 Å². The maximum absolute atomic E-state index is 7.07. The van der Waals surface area contributed by atoms with Gasteiger partial charge < -0.3 is 10.7 Å². The minimum atomic E-state index is 0.304. The first-order valence-electron chi connectivity index (χ1n) is 3.60. The van der Waals surface area contributed by atoms with E-state index in [1.165, 1.54) is 6.33 Å². The Kier molecular flexibility index (Phi) is 3.92. The first-order chi connectivity index (χ1) is 6.29. The lowest BCUT2D eigenvalue weighted by Gasteiger charge is -2.07. The predicted molar refractivity (Wildman–Crippen MR) is 54.1 cm³/mol. The van der Waals surface area contributed by atoms with Crippen molar-refractivity contribution in [1.82, 2.24) is 9.97 Å². The molecular weight excluding hydrogens is 211 g/mol. The molecule has 0 spiro atoms. The molecule has 0 radical (unpaired) electrons. The lowest BCUT2D eigenvalue weighted by atomic mass is 10.3. The van der Waals surface area contributed by atoms with E-state index < -0.39 is 0 Å². The molecule has 1 aromatic rings. The van der Waals surface area contributed by atoms with Crippen molar-refractivity contribution in [2.24, 2.45) is 0 Å². The summed E-state index contributed by atoms with van der Waals surface area (Å²) in [7, 11) is 0. The molecule has 0 aromatic carbocycles. The quantitative estimate of drug-likeness (QED) is 0.461. The fourth-order valence-electron chi connectivity index (χ4n) is 0.822. The molecular formula is C7H8Cl2N4. The monoisotopic (exact) mass is 218 g/mol. The van der Waals surface area contributed by atoms with Crippen LogP contribution in [0.15, 0.2) is 6.33 Å². The molecule has 70 valence electrons. The average Bonchev–Trinajstić information content (AvgIpc) is 2.15. The van der Waals surface area contributed by atoms with E-state index in [4.69, 9.17) is 28.6 Å². The molecule has 0 aliphatic carbocycles. The zero-order chi connectivity index (χ0) is 9.68. The topological polar surface area (TPSA) is 61.7 Å². The molecule has 4 nitrogen and oxygen atoms in total. The summed E-state index contributed by atoms with van der Waals surface area (Å²) in [6.07, 6.45) is 2.43. The minimum Gasteiger partial charge on any atom is -0.380 e. The van der Waals surface area contributed by atoms with Gasteiger partial charge in [0.25, 0.3) is 0 Å². The van der Waals surface area contributed by atoms with Crippen LogP contribution < -0.4 is 5.32 Å². The number of hydrogen-bond acceptors (Lipinski definition) is 4. The molecule has 1 aromatic heterocycles. The van der Waals surface area contributed by atoms with Crippen LogP contribution in [0, 0.1) is 5.41 Å². The molecule has 0 unspecified atom stereocenters. The summed E-state index contributed by atoms with van der Waals surface area (Å²) in [5.41, 5.74) is 1.02. The van der Waals surface area contributed by atoms with Crippen LogP contribution >= 0.6 is 23.2 Å². The number of nitrogens with zero attached hydrogens (tertiary/aromatic N) is 2. The lowest BCUT2D eigenvalue weighted by molar-refractivity contribution is 1.12. The Morgan fingerprint density at radius 3 is 2.92 bits per heavy atom. The summed E-state index contributed by atoms with van der Waals surface area (Å²) >= 11 is 11.3. The van der Waals surface area contributed by atoms with Crippen LogP contribution in [-0.4, -0.2) is 28.6 Å². The Balaban J connectivity index is 2.93. The van der Waals surface area contributed by atoms with Crippen LogP contribution in [0.5, 0.6) is 0 Å². The first kappa shape index (κ1) is 10.2. The zero-order valence-electron chi connectivity index (χ0n) is 6.72. The maximum Gasteiger partial charge on any atom is 0.156 e. The van der Waals surface area contributed by atoms with Crippen molar-refractivity contribution < 1.29 is 0 Å². The van der Waals surface area contributed by atoms with E-state index in [0.29, 0.717) is 29.0 Å². The summed E-state index contributed by atoms with van der Waals surface area (Å²) in [6.45, 7) is 0.565. The van der Waals surface area contributed by atoms with Crippen LogP contribution in [0.2, 0.25) is 5.15 Å². The Morgan fingerprint density at radius 2 is 2.31 bits per heavy atom. The maximum atomic E-state index is 7.07. The molecule has 0 amide bonds. The SMILES string of the molecule is N=Cc1ncnc(Cl)c1NCCCl. The van der Waals surface area contributed by atoms with Gasteiger partial charge in [0.2, 0.25) is 0 Å². The standard InChI is InChI=1S/C7H8Cl2N4/c8-1-2-11-6-5(3-10)12-4-13-7(6)9/h3-4,10-11H,1-2H2. The largest absolute Gasteiger partial charge is 0.380 e. The number of halogens is 2. The van der Waals surface area contributed by atoms with E-state index in [0.717, 1.165) is 6.21 Å². The number of aromatic nitrogens is 2. The predicted octanol–water partition coefficient (Wildman–Crippen LogP) is 1.78. The van der Waals surface area contributed by atoms with Crippen molar-refractivity contribution in [3.05, 3.63) is 17.2 Å². The highest BCUT2D eigenvalue weighted by Gasteiger charge is 2.06. The molecule has 0 aliphatic heterocycles. The van der Waals surface area contributed by atoms with E-state index in [-0.39, 0.29) is 0 Å². The Bertz CT molecular complexity index is 303. The highest BCUT2D eigenvalue weighted by atomic mass is 35.5. The van der Waals surface area contributed by atoms with E-state index in [1.54, 1.807) is 0 Å². The molecule has 1 heterocycles. The highest BCUT2D eigenvalue weighted by Crippen LogP contribution is 2.19. The van der Waals surface area contributed by atoms with Gasteiger partial charge in [-0.2, -0.15) is 0 Å². The Labute approximate surface area is 85.8 Å². The second kappa shape index (κ2) is 4.99. The third kappa shape index (κ3) is 2.54. The van der Waals surface area contributed by atoms with Crippen LogP contribution in [0.4, 0.5) is 5.69 Å². The molecule has 6 heteroatoms. The van der Waals surface area contributed by atoms with E-state index >= 15 is 0 Å². The second-order valence-electron chi connectivity index (χ2n) is 2.18.